The minimum atomic E-state index is -0.330. The summed E-state index contributed by atoms with van der Waals surface area (Å²) in [4.78, 5) is 16.3. The van der Waals surface area contributed by atoms with E-state index in [0.29, 0.717) is 11.1 Å². The molecule has 0 amide bonds. The van der Waals surface area contributed by atoms with Gasteiger partial charge in [0.2, 0.25) is 0 Å². The molecule has 0 aliphatic carbocycles. The molecule has 0 unspecified atom stereocenters. The molecule has 0 N–H and O–H groups in total. The smallest absolute Gasteiger partial charge is 0.344 e. The predicted octanol–water partition coefficient (Wildman–Crippen LogP) is 3.11. The summed E-state index contributed by atoms with van der Waals surface area (Å²) in [5, 5.41) is 0.910. The van der Waals surface area contributed by atoms with Crippen molar-refractivity contribution in [3.8, 4) is 11.1 Å². The first-order valence-electron chi connectivity index (χ1n) is 6.27. The molecule has 0 aliphatic rings. The van der Waals surface area contributed by atoms with Crippen molar-refractivity contribution in [2.24, 2.45) is 0 Å². The second-order valence-corrected chi connectivity index (χ2v) is 4.60. The van der Waals surface area contributed by atoms with Gasteiger partial charge < -0.3 is 8.82 Å². The number of benzene rings is 1. The van der Waals surface area contributed by atoms with E-state index >= 15 is 0 Å². The normalized spacial score (nSPS) is 11.2. The summed E-state index contributed by atoms with van der Waals surface area (Å²) in [5.74, 6) is 0. The van der Waals surface area contributed by atoms with Crippen LogP contribution in [0, 0.1) is 0 Å². The molecule has 3 heterocycles. The van der Waals surface area contributed by atoms with Crippen molar-refractivity contribution in [3.63, 3.8) is 0 Å². The van der Waals surface area contributed by atoms with Crippen LogP contribution in [0.15, 0.2) is 70.3 Å². The number of para-hydroxylation sites is 1. The number of aromatic nitrogens is 2. The number of rotatable bonds is 1. The molecule has 0 fully saturated rings. The van der Waals surface area contributed by atoms with Gasteiger partial charge in [0.05, 0.1) is 5.56 Å². The van der Waals surface area contributed by atoms with E-state index in [-0.39, 0.29) is 5.63 Å². The maximum absolute atomic E-state index is 12.1. The molecule has 0 radical (unpaired) electrons. The van der Waals surface area contributed by atoms with Crippen LogP contribution in [-0.2, 0) is 0 Å². The van der Waals surface area contributed by atoms with Gasteiger partial charge in [0.15, 0.2) is 0 Å². The Morgan fingerprint density at radius 2 is 2.00 bits per heavy atom. The number of hydrogen-bond donors (Lipinski definition) is 0. The molecule has 0 spiro atoms. The molecule has 3 aromatic heterocycles. The molecule has 20 heavy (non-hydrogen) atoms. The lowest BCUT2D eigenvalue weighted by molar-refractivity contribution is 0.563. The SMILES string of the molecule is O=c1oc2ccccc2cc1-c1ccc2nccn2c1. The number of fused-ring (bicyclic) bond motifs is 2. The van der Waals surface area contributed by atoms with Crippen molar-refractivity contribution in [1.82, 2.24) is 9.38 Å². The van der Waals surface area contributed by atoms with Crippen molar-refractivity contribution >= 4 is 16.6 Å². The molecule has 0 saturated carbocycles. The van der Waals surface area contributed by atoms with Crippen molar-refractivity contribution < 1.29 is 4.42 Å². The van der Waals surface area contributed by atoms with Crippen LogP contribution in [0.4, 0.5) is 0 Å². The van der Waals surface area contributed by atoms with Crippen LogP contribution in [0.5, 0.6) is 0 Å². The van der Waals surface area contributed by atoms with Gasteiger partial charge in [-0.2, -0.15) is 0 Å². The molecular weight excluding hydrogens is 252 g/mol. The molecule has 0 atom stereocenters. The van der Waals surface area contributed by atoms with Gasteiger partial charge in [-0.3, -0.25) is 0 Å². The lowest BCUT2D eigenvalue weighted by Gasteiger charge is -2.03. The van der Waals surface area contributed by atoms with Crippen LogP contribution in [-0.4, -0.2) is 9.38 Å². The van der Waals surface area contributed by atoms with Crippen molar-refractivity contribution in [2.45, 2.75) is 0 Å². The minimum Gasteiger partial charge on any atom is -0.422 e. The van der Waals surface area contributed by atoms with Gasteiger partial charge in [-0.05, 0) is 24.3 Å². The van der Waals surface area contributed by atoms with E-state index in [2.05, 4.69) is 4.98 Å². The van der Waals surface area contributed by atoms with Crippen LogP contribution < -0.4 is 5.63 Å². The third-order valence-corrected chi connectivity index (χ3v) is 3.34. The minimum absolute atomic E-state index is 0.330. The highest BCUT2D eigenvalue weighted by Gasteiger charge is 2.08. The average molecular weight is 262 g/mol. The highest BCUT2D eigenvalue weighted by molar-refractivity contribution is 5.81. The van der Waals surface area contributed by atoms with Gasteiger partial charge >= 0.3 is 5.63 Å². The standard InChI is InChI=1S/C16H10N2O2/c19-16-13(9-11-3-1-2-4-14(11)20-16)12-5-6-15-17-7-8-18(15)10-12/h1-10H. The Kier molecular flexibility index (Phi) is 2.23. The number of pyridine rings is 1. The number of nitrogens with zero attached hydrogens (tertiary/aromatic N) is 2. The van der Waals surface area contributed by atoms with Crippen LogP contribution in [0.3, 0.4) is 0 Å². The van der Waals surface area contributed by atoms with Crippen molar-refractivity contribution in [2.75, 3.05) is 0 Å². The first-order chi connectivity index (χ1) is 9.81. The van der Waals surface area contributed by atoms with Gasteiger partial charge in [-0.15, -0.1) is 0 Å². The van der Waals surface area contributed by atoms with Crippen LogP contribution in [0.1, 0.15) is 0 Å². The molecule has 1 aromatic carbocycles. The van der Waals surface area contributed by atoms with Gasteiger partial charge in [0.25, 0.3) is 0 Å². The van der Waals surface area contributed by atoms with Crippen LogP contribution >= 0.6 is 0 Å². The summed E-state index contributed by atoms with van der Waals surface area (Å²) in [6.07, 6.45) is 5.45. The maximum atomic E-state index is 12.1. The molecule has 0 bridgehead atoms. The third-order valence-electron chi connectivity index (χ3n) is 3.34. The Hall–Kier alpha value is -2.88. The molecule has 4 aromatic rings. The van der Waals surface area contributed by atoms with Gasteiger partial charge in [0.1, 0.15) is 11.2 Å². The van der Waals surface area contributed by atoms with E-state index in [0.717, 1.165) is 16.6 Å². The van der Waals surface area contributed by atoms with Gasteiger partial charge in [-0.25, -0.2) is 9.78 Å². The van der Waals surface area contributed by atoms with Crippen molar-refractivity contribution in [1.29, 1.82) is 0 Å². The van der Waals surface area contributed by atoms with Gasteiger partial charge in [-0.1, -0.05) is 18.2 Å². The molecule has 4 nitrogen and oxygen atoms in total. The highest BCUT2D eigenvalue weighted by Crippen LogP contribution is 2.21. The van der Waals surface area contributed by atoms with E-state index in [4.69, 9.17) is 4.42 Å². The quantitative estimate of drug-likeness (QED) is 0.495. The molecule has 4 rings (SSSR count). The molecule has 96 valence electrons. The van der Waals surface area contributed by atoms with E-state index in [1.807, 2.05) is 53.2 Å². The summed E-state index contributed by atoms with van der Waals surface area (Å²) in [6, 6.07) is 13.1. The largest absolute Gasteiger partial charge is 0.422 e. The van der Waals surface area contributed by atoms with Crippen LogP contribution in [0.2, 0.25) is 0 Å². The Labute approximate surface area is 113 Å². The fourth-order valence-corrected chi connectivity index (χ4v) is 2.34. The lowest BCUT2D eigenvalue weighted by Crippen LogP contribution is -2.03. The maximum Gasteiger partial charge on any atom is 0.344 e. The topological polar surface area (TPSA) is 47.5 Å². The first-order valence-corrected chi connectivity index (χ1v) is 6.27. The second kappa shape index (κ2) is 4.06. The Balaban J connectivity index is 2.00. The van der Waals surface area contributed by atoms with E-state index in [9.17, 15) is 4.79 Å². The van der Waals surface area contributed by atoms with E-state index < -0.39 is 0 Å². The zero-order chi connectivity index (χ0) is 13.5. The Morgan fingerprint density at radius 3 is 2.95 bits per heavy atom. The molecule has 0 aliphatic heterocycles. The molecule has 4 heteroatoms. The first kappa shape index (κ1) is 11.0. The van der Waals surface area contributed by atoms with E-state index in [1.165, 1.54) is 0 Å². The Morgan fingerprint density at radius 1 is 1.10 bits per heavy atom. The molecule has 0 saturated heterocycles. The zero-order valence-corrected chi connectivity index (χ0v) is 10.5. The lowest BCUT2D eigenvalue weighted by atomic mass is 10.1. The molecular formula is C16H10N2O2. The summed E-state index contributed by atoms with van der Waals surface area (Å²) in [6.45, 7) is 0. The zero-order valence-electron chi connectivity index (χ0n) is 10.5. The number of hydrogen-bond acceptors (Lipinski definition) is 3. The van der Waals surface area contributed by atoms with Gasteiger partial charge in [0, 0.05) is 29.5 Å². The summed E-state index contributed by atoms with van der Waals surface area (Å²) < 4.78 is 7.24. The predicted molar refractivity (Wildman–Crippen MR) is 76.7 cm³/mol. The Bertz CT molecular complexity index is 982. The summed E-state index contributed by atoms with van der Waals surface area (Å²) >= 11 is 0. The fraction of sp³-hybridized carbons (Fsp3) is 0. The monoisotopic (exact) mass is 262 g/mol. The highest BCUT2D eigenvalue weighted by atomic mass is 16.4. The fourth-order valence-electron chi connectivity index (χ4n) is 2.34. The third kappa shape index (κ3) is 1.62. The second-order valence-electron chi connectivity index (χ2n) is 4.60. The van der Waals surface area contributed by atoms with Crippen LogP contribution in [0.25, 0.3) is 27.7 Å². The summed E-state index contributed by atoms with van der Waals surface area (Å²) in [7, 11) is 0. The summed E-state index contributed by atoms with van der Waals surface area (Å²) in [5.41, 5.74) is 2.49. The van der Waals surface area contributed by atoms with E-state index in [1.54, 1.807) is 12.3 Å². The number of imidazole rings is 1. The van der Waals surface area contributed by atoms with Crippen molar-refractivity contribution in [3.05, 3.63) is 71.5 Å². The average Bonchev–Trinajstić information content (AvgIpc) is 2.94.